The van der Waals surface area contributed by atoms with Crippen molar-refractivity contribution in [3.63, 3.8) is 0 Å². The van der Waals surface area contributed by atoms with E-state index in [-0.39, 0.29) is 23.9 Å². The highest BCUT2D eigenvalue weighted by Crippen LogP contribution is 2.19. The number of carbonyl (C=O) groups excluding carboxylic acids is 2. The lowest BCUT2D eigenvalue weighted by Crippen LogP contribution is -2.49. The molecule has 1 aromatic rings. The molecule has 1 aliphatic heterocycles. The van der Waals surface area contributed by atoms with Gasteiger partial charge in [0, 0.05) is 45.2 Å². The molecule has 6 nitrogen and oxygen atoms in total. The minimum atomic E-state index is -0.0327. The van der Waals surface area contributed by atoms with Crippen molar-refractivity contribution >= 4 is 11.9 Å². The van der Waals surface area contributed by atoms with E-state index in [9.17, 15) is 9.59 Å². The van der Waals surface area contributed by atoms with Crippen LogP contribution in [-0.4, -0.2) is 54.5 Å². The van der Waals surface area contributed by atoms with Gasteiger partial charge in [-0.15, -0.1) is 0 Å². The predicted molar refractivity (Wildman–Crippen MR) is 108 cm³/mol. The molecule has 1 atom stereocenters. The van der Waals surface area contributed by atoms with E-state index >= 15 is 0 Å². The molecule has 0 radical (unpaired) electrons. The van der Waals surface area contributed by atoms with Crippen molar-refractivity contribution in [3.8, 4) is 0 Å². The van der Waals surface area contributed by atoms with Crippen LogP contribution in [0.2, 0.25) is 0 Å². The molecule has 0 aromatic heterocycles. The van der Waals surface area contributed by atoms with Gasteiger partial charge in [-0.3, -0.25) is 4.79 Å². The molecule has 3 amide bonds. The summed E-state index contributed by atoms with van der Waals surface area (Å²) in [6.07, 6.45) is 2.30. The van der Waals surface area contributed by atoms with Crippen LogP contribution in [0.4, 0.5) is 4.79 Å². The first-order valence-corrected chi connectivity index (χ1v) is 9.95. The second-order valence-electron chi connectivity index (χ2n) is 7.96. The van der Waals surface area contributed by atoms with Crippen LogP contribution in [0.15, 0.2) is 30.3 Å². The van der Waals surface area contributed by atoms with Crippen molar-refractivity contribution in [2.24, 2.45) is 17.6 Å². The Labute approximate surface area is 163 Å². The Bertz CT molecular complexity index is 597. The number of piperidine rings is 1. The summed E-state index contributed by atoms with van der Waals surface area (Å²) in [5.74, 6) is 0.545. The quantitative estimate of drug-likeness (QED) is 0.769. The van der Waals surface area contributed by atoms with E-state index in [1.807, 2.05) is 42.3 Å². The zero-order chi connectivity index (χ0) is 19.8. The third-order valence-electron chi connectivity index (χ3n) is 5.11. The maximum absolute atomic E-state index is 12.7. The SMILES string of the molecule is CC(C)CC(CN)NC(=O)C1CCN(C(=O)N(C)Cc2ccccc2)CC1. The highest BCUT2D eigenvalue weighted by Gasteiger charge is 2.29. The number of nitrogens with one attached hydrogen (secondary N) is 1. The summed E-state index contributed by atoms with van der Waals surface area (Å²) in [4.78, 5) is 28.8. The van der Waals surface area contributed by atoms with Crippen molar-refractivity contribution in [1.29, 1.82) is 0 Å². The van der Waals surface area contributed by atoms with Crippen LogP contribution < -0.4 is 11.1 Å². The predicted octanol–water partition coefficient (Wildman–Crippen LogP) is 2.44. The zero-order valence-corrected chi connectivity index (χ0v) is 16.9. The van der Waals surface area contributed by atoms with Gasteiger partial charge in [0.05, 0.1) is 0 Å². The van der Waals surface area contributed by atoms with E-state index in [4.69, 9.17) is 5.73 Å². The highest BCUT2D eigenvalue weighted by atomic mass is 16.2. The first-order valence-electron chi connectivity index (χ1n) is 9.95. The Kier molecular flexibility index (Phi) is 8.10. The number of likely N-dealkylation sites (tertiary alicyclic amines) is 1. The molecule has 1 heterocycles. The number of carbonyl (C=O) groups is 2. The van der Waals surface area contributed by atoms with Crippen molar-refractivity contribution in [3.05, 3.63) is 35.9 Å². The molecule has 0 spiro atoms. The Balaban J connectivity index is 1.80. The molecular weight excluding hydrogens is 340 g/mol. The second-order valence-corrected chi connectivity index (χ2v) is 7.96. The molecule has 1 saturated heterocycles. The maximum atomic E-state index is 12.7. The monoisotopic (exact) mass is 374 g/mol. The summed E-state index contributed by atoms with van der Waals surface area (Å²) in [6, 6.07) is 10.0. The standard InChI is InChI=1S/C21H34N4O2/c1-16(2)13-19(14-22)23-20(26)18-9-11-25(12-10-18)21(27)24(3)15-17-7-5-4-6-8-17/h4-8,16,18-19H,9-15,22H2,1-3H3,(H,23,26). The number of hydrogen-bond donors (Lipinski definition) is 2. The fourth-order valence-corrected chi connectivity index (χ4v) is 3.60. The average Bonchev–Trinajstić information content (AvgIpc) is 2.67. The summed E-state index contributed by atoms with van der Waals surface area (Å²) in [7, 11) is 1.83. The van der Waals surface area contributed by atoms with Gasteiger partial charge in [-0.1, -0.05) is 44.2 Å². The second kappa shape index (κ2) is 10.3. The third kappa shape index (κ3) is 6.54. The van der Waals surface area contributed by atoms with Gasteiger partial charge in [-0.2, -0.15) is 0 Å². The summed E-state index contributed by atoms with van der Waals surface area (Å²) < 4.78 is 0. The lowest BCUT2D eigenvalue weighted by Gasteiger charge is -2.34. The highest BCUT2D eigenvalue weighted by molar-refractivity contribution is 5.80. The number of urea groups is 1. The molecule has 1 aliphatic rings. The van der Waals surface area contributed by atoms with Gasteiger partial charge in [0.25, 0.3) is 0 Å². The number of benzene rings is 1. The molecular formula is C21H34N4O2. The molecule has 0 aliphatic carbocycles. The average molecular weight is 375 g/mol. The van der Waals surface area contributed by atoms with Crippen molar-refractivity contribution in [2.45, 2.75) is 45.7 Å². The van der Waals surface area contributed by atoms with E-state index < -0.39 is 0 Å². The largest absolute Gasteiger partial charge is 0.352 e. The van der Waals surface area contributed by atoms with Gasteiger partial charge < -0.3 is 20.9 Å². The van der Waals surface area contributed by atoms with Crippen LogP contribution in [0.1, 0.15) is 38.7 Å². The molecule has 0 bridgehead atoms. The van der Waals surface area contributed by atoms with E-state index in [2.05, 4.69) is 19.2 Å². The third-order valence-corrected chi connectivity index (χ3v) is 5.11. The molecule has 27 heavy (non-hydrogen) atoms. The summed E-state index contributed by atoms with van der Waals surface area (Å²) in [5.41, 5.74) is 6.90. The Morgan fingerprint density at radius 1 is 1.22 bits per heavy atom. The van der Waals surface area contributed by atoms with Crippen molar-refractivity contribution < 1.29 is 9.59 Å². The van der Waals surface area contributed by atoms with E-state index in [1.165, 1.54) is 0 Å². The molecule has 6 heteroatoms. The molecule has 0 saturated carbocycles. The number of nitrogens with two attached hydrogens (primary N) is 1. The fraction of sp³-hybridized carbons (Fsp3) is 0.619. The van der Waals surface area contributed by atoms with Crippen LogP contribution >= 0.6 is 0 Å². The fourth-order valence-electron chi connectivity index (χ4n) is 3.60. The molecule has 150 valence electrons. The number of hydrogen-bond acceptors (Lipinski definition) is 3. The minimum Gasteiger partial charge on any atom is -0.352 e. The van der Waals surface area contributed by atoms with Crippen molar-refractivity contribution in [2.75, 3.05) is 26.7 Å². The van der Waals surface area contributed by atoms with Gasteiger partial charge in [-0.05, 0) is 30.7 Å². The first-order chi connectivity index (χ1) is 12.9. The number of rotatable bonds is 7. The van der Waals surface area contributed by atoms with E-state index in [0.29, 0.717) is 44.9 Å². The minimum absolute atomic E-state index is 0.0253. The van der Waals surface area contributed by atoms with E-state index in [1.54, 1.807) is 4.90 Å². The van der Waals surface area contributed by atoms with Crippen LogP contribution in [0.25, 0.3) is 0 Å². The van der Waals surface area contributed by atoms with Gasteiger partial charge in [0.15, 0.2) is 0 Å². The van der Waals surface area contributed by atoms with Crippen LogP contribution in [0.5, 0.6) is 0 Å². The van der Waals surface area contributed by atoms with Crippen LogP contribution in [0.3, 0.4) is 0 Å². The number of amides is 3. The van der Waals surface area contributed by atoms with Crippen LogP contribution in [-0.2, 0) is 11.3 Å². The molecule has 3 N–H and O–H groups in total. The summed E-state index contributed by atoms with van der Waals surface area (Å²) in [6.45, 7) is 6.55. The summed E-state index contributed by atoms with van der Waals surface area (Å²) >= 11 is 0. The lowest BCUT2D eigenvalue weighted by molar-refractivity contribution is -0.127. The zero-order valence-electron chi connectivity index (χ0n) is 16.9. The van der Waals surface area contributed by atoms with Crippen LogP contribution in [0, 0.1) is 11.8 Å². The normalized spacial score (nSPS) is 16.3. The topological polar surface area (TPSA) is 78.7 Å². The van der Waals surface area contributed by atoms with Gasteiger partial charge in [-0.25, -0.2) is 4.79 Å². The molecule has 2 rings (SSSR count). The van der Waals surface area contributed by atoms with Crippen molar-refractivity contribution in [1.82, 2.24) is 15.1 Å². The Morgan fingerprint density at radius 2 is 1.85 bits per heavy atom. The maximum Gasteiger partial charge on any atom is 0.320 e. The van der Waals surface area contributed by atoms with Gasteiger partial charge in [0.1, 0.15) is 0 Å². The first kappa shape index (κ1) is 21.2. The van der Waals surface area contributed by atoms with E-state index in [0.717, 1.165) is 12.0 Å². The smallest absolute Gasteiger partial charge is 0.320 e. The Hall–Kier alpha value is -2.08. The lowest BCUT2D eigenvalue weighted by atomic mass is 9.95. The molecule has 1 aromatic carbocycles. The van der Waals surface area contributed by atoms with Gasteiger partial charge in [0.2, 0.25) is 5.91 Å². The Morgan fingerprint density at radius 3 is 2.41 bits per heavy atom. The molecule has 1 unspecified atom stereocenters. The molecule has 1 fully saturated rings. The van der Waals surface area contributed by atoms with Gasteiger partial charge >= 0.3 is 6.03 Å². The summed E-state index contributed by atoms with van der Waals surface area (Å²) in [5, 5.41) is 3.09. The number of nitrogens with zero attached hydrogens (tertiary/aromatic N) is 2.